The summed E-state index contributed by atoms with van der Waals surface area (Å²) in [5, 5.41) is 3.92. The predicted octanol–water partition coefficient (Wildman–Crippen LogP) is 3.77. The first kappa shape index (κ1) is 20.7. The third-order valence-corrected chi connectivity index (χ3v) is 6.34. The average Bonchev–Trinajstić information content (AvgIpc) is 3.28. The highest BCUT2D eigenvalue weighted by molar-refractivity contribution is 5.77. The number of aryl methyl sites for hydroxylation is 2. The number of fused-ring (bicyclic) bond motifs is 1. The van der Waals surface area contributed by atoms with Gasteiger partial charge in [0.05, 0.1) is 17.3 Å². The Morgan fingerprint density at radius 2 is 2.03 bits per heavy atom. The molecule has 9 heteroatoms. The quantitative estimate of drug-likeness (QED) is 0.751. The summed E-state index contributed by atoms with van der Waals surface area (Å²) in [5.41, 5.74) is 1.02. The molecule has 0 spiro atoms. The normalized spacial score (nSPS) is 21.8. The summed E-state index contributed by atoms with van der Waals surface area (Å²) >= 11 is 0. The average molecular weight is 422 g/mol. The van der Waals surface area contributed by atoms with Gasteiger partial charge in [0, 0.05) is 37.8 Å². The summed E-state index contributed by atoms with van der Waals surface area (Å²) in [7, 11) is 0. The molecule has 4 heterocycles. The number of anilines is 1. The van der Waals surface area contributed by atoms with Crippen LogP contribution in [0.15, 0.2) is 22.9 Å². The number of alkyl halides is 3. The molecule has 162 valence electrons. The molecule has 0 N–H and O–H groups in total. The van der Waals surface area contributed by atoms with Gasteiger partial charge in [-0.25, -0.2) is 4.98 Å². The number of carbonyl (C=O) groups excluding carboxylic acids is 1. The van der Waals surface area contributed by atoms with Gasteiger partial charge < -0.3 is 14.3 Å². The lowest BCUT2D eigenvalue weighted by atomic mass is 9.91. The van der Waals surface area contributed by atoms with Gasteiger partial charge in [-0.1, -0.05) is 5.16 Å². The Kier molecular flexibility index (Phi) is 5.46. The van der Waals surface area contributed by atoms with Crippen molar-refractivity contribution in [1.82, 2.24) is 15.0 Å². The lowest BCUT2D eigenvalue weighted by Crippen LogP contribution is -2.50. The minimum absolute atomic E-state index is 0.0291. The summed E-state index contributed by atoms with van der Waals surface area (Å²) in [6, 6.07) is 2.29. The van der Waals surface area contributed by atoms with E-state index in [9.17, 15) is 18.0 Å². The Labute approximate surface area is 173 Å². The Bertz CT molecular complexity index is 908. The molecule has 2 aromatic heterocycles. The van der Waals surface area contributed by atoms with Crippen molar-refractivity contribution in [2.45, 2.75) is 51.7 Å². The van der Waals surface area contributed by atoms with Gasteiger partial charge >= 0.3 is 6.18 Å². The Morgan fingerprint density at radius 3 is 2.73 bits per heavy atom. The summed E-state index contributed by atoms with van der Waals surface area (Å²) in [4.78, 5) is 20.5. The van der Waals surface area contributed by atoms with Gasteiger partial charge in [-0.05, 0) is 51.2 Å². The molecule has 2 aliphatic heterocycles. The van der Waals surface area contributed by atoms with Gasteiger partial charge in [-0.2, -0.15) is 13.2 Å². The molecule has 2 saturated heterocycles. The second-order valence-corrected chi connectivity index (χ2v) is 8.11. The van der Waals surface area contributed by atoms with Crippen LogP contribution in [-0.4, -0.2) is 46.6 Å². The van der Waals surface area contributed by atoms with E-state index in [0.29, 0.717) is 38.4 Å². The van der Waals surface area contributed by atoms with E-state index in [2.05, 4.69) is 10.1 Å². The maximum Gasteiger partial charge on any atom is 0.419 e. The number of likely N-dealkylation sites (tertiary alicyclic amines) is 1. The highest BCUT2D eigenvalue weighted by Crippen LogP contribution is 2.39. The van der Waals surface area contributed by atoms with Gasteiger partial charge in [-0.15, -0.1) is 0 Å². The zero-order valence-electron chi connectivity index (χ0n) is 17.1. The lowest BCUT2D eigenvalue weighted by molar-refractivity contribution is -0.137. The number of rotatable bonds is 4. The minimum atomic E-state index is -4.46. The van der Waals surface area contributed by atoms with Crippen molar-refractivity contribution in [2.24, 2.45) is 5.92 Å². The van der Waals surface area contributed by atoms with E-state index in [1.807, 2.05) is 18.7 Å². The van der Waals surface area contributed by atoms with Gasteiger partial charge in [0.1, 0.15) is 11.6 Å². The molecular formula is C21H25F3N4O2. The Morgan fingerprint density at radius 1 is 1.27 bits per heavy atom. The molecule has 0 radical (unpaired) electrons. The monoisotopic (exact) mass is 422 g/mol. The van der Waals surface area contributed by atoms with Crippen molar-refractivity contribution in [3.63, 3.8) is 0 Å². The van der Waals surface area contributed by atoms with Crippen LogP contribution >= 0.6 is 0 Å². The molecule has 1 amide bonds. The topological polar surface area (TPSA) is 62.5 Å². The van der Waals surface area contributed by atoms with Crippen LogP contribution in [0.2, 0.25) is 0 Å². The highest BCUT2D eigenvalue weighted by atomic mass is 19.4. The molecular weight excluding hydrogens is 397 g/mol. The smallest absolute Gasteiger partial charge is 0.361 e. The van der Waals surface area contributed by atoms with Crippen LogP contribution in [0.3, 0.4) is 0 Å². The van der Waals surface area contributed by atoms with Crippen molar-refractivity contribution in [3.05, 3.63) is 40.9 Å². The standard InChI is InChI=1S/C21H25F3N4O2/c1-13-16(14(2)30-26-13)5-6-19(29)28-11-8-15-7-10-27(12-18(15)28)20-17(21(22,23)24)4-3-9-25-20/h3-4,9,15,18H,5-8,10-12H2,1-2H3. The van der Waals surface area contributed by atoms with Crippen LogP contribution in [-0.2, 0) is 17.4 Å². The predicted molar refractivity (Wildman–Crippen MR) is 104 cm³/mol. The van der Waals surface area contributed by atoms with Crippen molar-refractivity contribution < 1.29 is 22.5 Å². The summed E-state index contributed by atoms with van der Waals surface area (Å²) < 4.78 is 45.5. The van der Waals surface area contributed by atoms with E-state index in [1.165, 1.54) is 12.3 Å². The summed E-state index contributed by atoms with van der Waals surface area (Å²) in [6.07, 6.45) is -0.534. The zero-order chi connectivity index (χ0) is 21.5. The molecule has 30 heavy (non-hydrogen) atoms. The Hall–Kier alpha value is -2.58. The fourth-order valence-corrected chi connectivity index (χ4v) is 4.75. The first-order valence-electron chi connectivity index (χ1n) is 10.2. The molecule has 0 aromatic carbocycles. The number of piperidine rings is 1. The molecule has 2 unspecified atom stereocenters. The number of halogens is 3. The highest BCUT2D eigenvalue weighted by Gasteiger charge is 2.43. The maximum absolute atomic E-state index is 13.4. The third-order valence-electron chi connectivity index (χ3n) is 6.34. The zero-order valence-corrected chi connectivity index (χ0v) is 17.1. The first-order valence-corrected chi connectivity index (χ1v) is 10.2. The SMILES string of the molecule is Cc1noc(C)c1CCC(=O)N1CCC2CCN(c3ncccc3C(F)(F)F)CC21. The van der Waals surface area contributed by atoms with E-state index in [-0.39, 0.29) is 17.8 Å². The van der Waals surface area contributed by atoms with E-state index < -0.39 is 11.7 Å². The molecule has 2 atom stereocenters. The molecule has 0 aliphatic carbocycles. The van der Waals surface area contributed by atoms with E-state index in [0.717, 1.165) is 35.9 Å². The molecule has 2 aromatic rings. The van der Waals surface area contributed by atoms with E-state index >= 15 is 0 Å². The molecule has 0 saturated carbocycles. The van der Waals surface area contributed by atoms with Gasteiger partial charge in [0.25, 0.3) is 0 Å². The molecule has 4 rings (SSSR count). The van der Waals surface area contributed by atoms with Crippen LogP contribution in [0.4, 0.5) is 19.0 Å². The van der Waals surface area contributed by atoms with Gasteiger partial charge in [0.15, 0.2) is 0 Å². The number of aromatic nitrogens is 2. The van der Waals surface area contributed by atoms with Crippen LogP contribution in [0.1, 0.15) is 41.8 Å². The largest absolute Gasteiger partial charge is 0.419 e. The maximum atomic E-state index is 13.4. The number of pyridine rings is 1. The van der Waals surface area contributed by atoms with E-state index in [1.54, 1.807) is 4.90 Å². The van der Waals surface area contributed by atoms with Gasteiger partial charge in [-0.3, -0.25) is 4.79 Å². The fraction of sp³-hybridized carbons (Fsp3) is 0.571. The first-order chi connectivity index (χ1) is 14.3. The van der Waals surface area contributed by atoms with Crippen molar-refractivity contribution in [2.75, 3.05) is 24.5 Å². The van der Waals surface area contributed by atoms with Crippen LogP contribution in [0.5, 0.6) is 0 Å². The molecule has 2 aliphatic rings. The van der Waals surface area contributed by atoms with Crippen LogP contribution in [0.25, 0.3) is 0 Å². The van der Waals surface area contributed by atoms with Crippen LogP contribution < -0.4 is 4.90 Å². The van der Waals surface area contributed by atoms with Gasteiger partial charge in [0.2, 0.25) is 5.91 Å². The van der Waals surface area contributed by atoms with E-state index in [4.69, 9.17) is 4.52 Å². The van der Waals surface area contributed by atoms with Crippen molar-refractivity contribution in [1.29, 1.82) is 0 Å². The number of carbonyl (C=O) groups is 1. The van der Waals surface area contributed by atoms with Crippen molar-refractivity contribution in [3.8, 4) is 0 Å². The number of nitrogens with zero attached hydrogens (tertiary/aromatic N) is 4. The Balaban J connectivity index is 1.47. The number of amides is 1. The fourth-order valence-electron chi connectivity index (χ4n) is 4.75. The lowest BCUT2D eigenvalue weighted by Gasteiger charge is -2.39. The minimum Gasteiger partial charge on any atom is -0.361 e. The second kappa shape index (κ2) is 7.92. The third kappa shape index (κ3) is 3.89. The van der Waals surface area contributed by atoms with Crippen LogP contribution in [0, 0.1) is 19.8 Å². The summed E-state index contributed by atoms with van der Waals surface area (Å²) in [5.74, 6) is 1.03. The second-order valence-electron chi connectivity index (χ2n) is 8.11. The molecule has 0 bridgehead atoms. The number of hydrogen-bond donors (Lipinski definition) is 0. The summed E-state index contributed by atoms with van der Waals surface area (Å²) in [6.45, 7) is 5.23. The molecule has 2 fully saturated rings. The molecule has 6 nitrogen and oxygen atoms in total. The van der Waals surface area contributed by atoms with Crippen molar-refractivity contribution >= 4 is 11.7 Å². The number of hydrogen-bond acceptors (Lipinski definition) is 5.